The van der Waals surface area contributed by atoms with E-state index in [9.17, 15) is 13.2 Å². The van der Waals surface area contributed by atoms with Gasteiger partial charge in [0.05, 0.1) is 10.6 Å². The van der Waals surface area contributed by atoms with Crippen LogP contribution in [0, 0.1) is 12.8 Å². The second kappa shape index (κ2) is 7.91. The van der Waals surface area contributed by atoms with Crippen LogP contribution in [0.25, 0.3) is 0 Å². The van der Waals surface area contributed by atoms with Crippen molar-refractivity contribution < 1.29 is 13.2 Å². The van der Waals surface area contributed by atoms with Gasteiger partial charge >= 0.3 is 0 Å². The molecule has 2 aromatic carbocycles. The molecule has 28 heavy (non-hydrogen) atoms. The molecule has 2 bridgehead atoms. The average Bonchev–Trinajstić information content (AvgIpc) is 2.94. The number of carbonyl (C=O) groups excluding carboxylic acids is 1. The van der Waals surface area contributed by atoms with Crippen LogP contribution in [0.5, 0.6) is 0 Å². The van der Waals surface area contributed by atoms with Gasteiger partial charge in [-0.1, -0.05) is 35.9 Å². The zero-order valence-corrected chi connectivity index (χ0v) is 17.6. The summed E-state index contributed by atoms with van der Waals surface area (Å²) in [4.78, 5) is 16.2. The lowest BCUT2D eigenvalue weighted by atomic mass is 9.90. The van der Waals surface area contributed by atoms with Gasteiger partial charge in [-0.3, -0.25) is 4.79 Å². The van der Waals surface area contributed by atoms with Crippen molar-refractivity contribution in [2.24, 2.45) is 5.92 Å². The van der Waals surface area contributed by atoms with E-state index in [1.165, 1.54) is 4.90 Å². The number of hydrogen-bond donors (Lipinski definition) is 0. The van der Waals surface area contributed by atoms with Gasteiger partial charge in [0, 0.05) is 28.6 Å². The molecule has 3 atom stereocenters. The summed E-state index contributed by atoms with van der Waals surface area (Å²) in [6.07, 6.45) is 2.76. The van der Waals surface area contributed by atoms with Crippen molar-refractivity contribution in [3.8, 4) is 0 Å². The molecule has 1 aliphatic heterocycles. The van der Waals surface area contributed by atoms with E-state index in [4.69, 9.17) is 0 Å². The minimum Gasteiger partial charge on any atom is -0.337 e. The Hall–Kier alpha value is -1.79. The second-order valence-corrected chi connectivity index (χ2v) is 11.1. The van der Waals surface area contributed by atoms with Crippen LogP contribution >= 0.6 is 11.8 Å². The molecule has 0 aromatic heterocycles. The standard InChI is InChI=1S/C22H25NO3S2/c1-16-7-10-19(11-8-16)28(25,26)14-13-23-20-15-17(22(23)24)9-12-21(20)27-18-5-3-2-4-6-18/h2-8,10-11,17,20-21H,9,12-15H2,1H3. The number of sulfone groups is 1. The molecule has 0 spiro atoms. The number of hydrogen-bond acceptors (Lipinski definition) is 4. The van der Waals surface area contributed by atoms with E-state index in [1.54, 1.807) is 12.1 Å². The van der Waals surface area contributed by atoms with Gasteiger partial charge in [-0.2, -0.15) is 0 Å². The molecular formula is C22H25NO3S2. The van der Waals surface area contributed by atoms with Crippen LogP contribution in [-0.4, -0.2) is 42.8 Å². The van der Waals surface area contributed by atoms with Crippen LogP contribution in [-0.2, 0) is 14.6 Å². The van der Waals surface area contributed by atoms with E-state index in [2.05, 4.69) is 12.1 Å². The number of benzene rings is 2. The van der Waals surface area contributed by atoms with Crippen LogP contribution in [0.15, 0.2) is 64.4 Å². The maximum Gasteiger partial charge on any atom is 0.226 e. The van der Waals surface area contributed by atoms with Gasteiger partial charge in [0.25, 0.3) is 0 Å². The van der Waals surface area contributed by atoms with Gasteiger partial charge < -0.3 is 4.90 Å². The van der Waals surface area contributed by atoms with Gasteiger partial charge in [0.15, 0.2) is 9.84 Å². The molecule has 1 aliphatic carbocycles. The molecular weight excluding hydrogens is 390 g/mol. The lowest BCUT2D eigenvalue weighted by molar-refractivity contribution is -0.131. The highest BCUT2D eigenvalue weighted by Gasteiger charge is 2.47. The highest BCUT2D eigenvalue weighted by atomic mass is 32.2. The molecule has 4 rings (SSSR count). The van der Waals surface area contributed by atoms with Crippen LogP contribution in [0.3, 0.4) is 0 Å². The molecule has 1 saturated carbocycles. The molecule has 1 saturated heterocycles. The average molecular weight is 416 g/mol. The van der Waals surface area contributed by atoms with Crippen LogP contribution < -0.4 is 0 Å². The van der Waals surface area contributed by atoms with Crippen molar-refractivity contribution in [1.29, 1.82) is 0 Å². The van der Waals surface area contributed by atoms with Crippen LogP contribution in [0.2, 0.25) is 0 Å². The van der Waals surface area contributed by atoms with Crippen molar-refractivity contribution in [3.05, 3.63) is 60.2 Å². The highest BCUT2D eigenvalue weighted by molar-refractivity contribution is 8.00. The number of thioether (sulfide) groups is 1. The minimum absolute atomic E-state index is 0.0201. The molecule has 0 N–H and O–H groups in total. The summed E-state index contributed by atoms with van der Waals surface area (Å²) in [6.45, 7) is 2.21. The lowest BCUT2D eigenvalue weighted by Gasteiger charge is -2.32. The molecule has 2 aliphatic rings. The number of fused-ring (bicyclic) bond motifs is 2. The Kier molecular flexibility index (Phi) is 5.52. The van der Waals surface area contributed by atoms with E-state index in [1.807, 2.05) is 53.9 Å². The summed E-state index contributed by atoms with van der Waals surface area (Å²) in [6, 6.07) is 17.3. The zero-order valence-electron chi connectivity index (χ0n) is 16.0. The monoisotopic (exact) mass is 415 g/mol. The Labute approximate surface area is 171 Å². The maximum atomic E-state index is 12.8. The number of amides is 1. The van der Waals surface area contributed by atoms with Crippen molar-refractivity contribution >= 4 is 27.5 Å². The van der Waals surface area contributed by atoms with Crippen LogP contribution in [0.4, 0.5) is 0 Å². The first-order valence-corrected chi connectivity index (χ1v) is 12.3. The van der Waals surface area contributed by atoms with Crippen molar-refractivity contribution in [1.82, 2.24) is 4.90 Å². The predicted octanol–water partition coefficient (Wildman–Crippen LogP) is 3.94. The van der Waals surface area contributed by atoms with Gasteiger partial charge in [-0.25, -0.2) is 8.42 Å². The molecule has 2 fully saturated rings. The van der Waals surface area contributed by atoms with Crippen molar-refractivity contribution in [3.63, 3.8) is 0 Å². The second-order valence-electron chi connectivity index (χ2n) is 7.71. The Bertz CT molecular complexity index is 942. The Morgan fingerprint density at radius 3 is 2.46 bits per heavy atom. The van der Waals surface area contributed by atoms with E-state index in [0.29, 0.717) is 10.1 Å². The predicted molar refractivity (Wildman–Crippen MR) is 112 cm³/mol. The first kappa shape index (κ1) is 19.5. The van der Waals surface area contributed by atoms with E-state index >= 15 is 0 Å². The number of likely N-dealkylation sites (tertiary alicyclic amines) is 1. The number of aryl methyl sites for hydroxylation is 1. The lowest BCUT2D eigenvalue weighted by Crippen LogP contribution is -2.41. The van der Waals surface area contributed by atoms with Gasteiger partial charge in [-0.15, -0.1) is 11.8 Å². The first-order valence-electron chi connectivity index (χ1n) is 9.76. The smallest absolute Gasteiger partial charge is 0.226 e. The molecule has 6 heteroatoms. The van der Waals surface area contributed by atoms with Gasteiger partial charge in [-0.05, 0) is 50.5 Å². The summed E-state index contributed by atoms with van der Waals surface area (Å²) < 4.78 is 25.5. The van der Waals surface area contributed by atoms with E-state index in [-0.39, 0.29) is 30.2 Å². The van der Waals surface area contributed by atoms with E-state index < -0.39 is 9.84 Å². The topological polar surface area (TPSA) is 54.5 Å². The third-order valence-corrected chi connectivity index (χ3v) is 8.91. The summed E-state index contributed by atoms with van der Waals surface area (Å²) in [5.41, 5.74) is 1.03. The third-order valence-electron chi connectivity index (χ3n) is 5.80. The Morgan fingerprint density at radius 1 is 1.04 bits per heavy atom. The van der Waals surface area contributed by atoms with Crippen molar-refractivity contribution in [2.45, 2.75) is 47.3 Å². The first-order chi connectivity index (χ1) is 13.4. The van der Waals surface area contributed by atoms with Crippen LogP contribution in [0.1, 0.15) is 24.8 Å². The maximum absolute atomic E-state index is 12.8. The summed E-state index contributed by atoms with van der Waals surface area (Å²) in [7, 11) is -3.39. The SMILES string of the molecule is Cc1ccc(S(=O)(=O)CCN2C(=O)C3CCC(Sc4ccccc4)C2C3)cc1. The largest absolute Gasteiger partial charge is 0.337 e. The molecule has 1 amide bonds. The summed E-state index contributed by atoms with van der Waals surface area (Å²) >= 11 is 1.82. The fourth-order valence-corrected chi connectivity index (χ4v) is 6.79. The molecule has 4 nitrogen and oxygen atoms in total. The fraction of sp³-hybridized carbons (Fsp3) is 0.409. The number of rotatable bonds is 6. The highest BCUT2D eigenvalue weighted by Crippen LogP contribution is 2.43. The van der Waals surface area contributed by atoms with Gasteiger partial charge in [0.2, 0.25) is 5.91 Å². The quantitative estimate of drug-likeness (QED) is 0.717. The molecule has 3 unspecified atom stereocenters. The molecule has 0 radical (unpaired) electrons. The Balaban J connectivity index is 1.47. The van der Waals surface area contributed by atoms with Crippen molar-refractivity contribution in [2.75, 3.05) is 12.3 Å². The fourth-order valence-electron chi connectivity index (χ4n) is 4.24. The summed E-state index contributed by atoms with van der Waals surface area (Å²) in [5, 5.41) is 0.326. The molecule has 148 valence electrons. The normalized spacial score (nSPS) is 24.5. The third kappa shape index (κ3) is 3.98. The summed E-state index contributed by atoms with van der Waals surface area (Å²) in [5.74, 6) is 0.188. The van der Waals surface area contributed by atoms with Gasteiger partial charge in [0.1, 0.15) is 0 Å². The molecule has 1 heterocycles. The van der Waals surface area contributed by atoms with E-state index in [0.717, 1.165) is 24.8 Å². The number of nitrogens with zero attached hydrogens (tertiary/aromatic N) is 1. The Morgan fingerprint density at radius 2 is 1.75 bits per heavy atom. The zero-order chi connectivity index (χ0) is 19.7. The minimum atomic E-state index is -3.39. The molecule has 2 aromatic rings. The number of carbonyl (C=O) groups is 1.